The monoisotopic (exact) mass is 449 g/mol. The predicted octanol–water partition coefficient (Wildman–Crippen LogP) is 4.32. The summed E-state index contributed by atoms with van der Waals surface area (Å²) < 4.78 is 37.5. The lowest BCUT2D eigenvalue weighted by atomic mass is 9.95. The lowest BCUT2D eigenvalue weighted by Gasteiger charge is -2.25. The van der Waals surface area contributed by atoms with E-state index in [4.69, 9.17) is 9.47 Å². The first kappa shape index (κ1) is 20.7. The third-order valence-electron chi connectivity index (χ3n) is 5.64. The van der Waals surface area contributed by atoms with Gasteiger partial charge in [0.1, 0.15) is 17.4 Å². The molecular formula is C25H17F2NO5. The molecule has 5 rings (SSSR count). The lowest BCUT2D eigenvalue weighted by molar-refractivity contribution is -0.140. The molecule has 0 aromatic heterocycles. The summed E-state index contributed by atoms with van der Waals surface area (Å²) in [4.78, 5) is 27.3. The van der Waals surface area contributed by atoms with E-state index in [9.17, 15) is 23.5 Å². The van der Waals surface area contributed by atoms with Crippen LogP contribution in [0.2, 0.25) is 0 Å². The molecular weight excluding hydrogens is 432 g/mol. The van der Waals surface area contributed by atoms with E-state index in [0.717, 1.165) is 0 Å². The molecule has 3 aromatic carbocycles. The molecule has 2 heterocycles. The van der Waals surface area contributed by atoms with Crippen LogP contribution in [0.4, 0.5) is 8.78 Å². The number of hydrogen-bond acceptors (Lipinski definition) is 5. The van der Waals surface area contributed by atoms with Crippen LogP contribution in [0.1, 0.15) is 22.7 Å². The average molecular weight is 449 g/mol. The van der Waals surface area contributed by atoms with Crippen molar-refractivity contribution in [1.29, 1.82) is 0 Å². The topological polar surface area (TPSA) is 76.1 Å². The zero-order chi connectivity index (χ0) is 23.1. The van der Waals surface area contributed by atoms with Gasteiger partial charge in [0.2, 0.25) is 6.79 Å². The highest BCUT2D eigenvalue weighted by atomic mass is 19.1. The van der Waals surface area contributed by atoms with Crippen LogP contribution in [0.5, 0.6) is 11.5 Å². The van der Waals surface area contributed by atoms with Crippen LogP contribution in [0.3, 0.4) is 0 Å². The van der Waals surface area contributed by atoms with Gasteiger partial charge in [0, 0.05) is 12.1 Å². The number of benzene rings is 3. The Kier molecular flexibility index (Phi) is 5.05. The molecule has 1 amide bonds. The first-order chi connectivity index (χ1) is 15.9. The Bertz CT molecular complexity index is 1290. The number of ether oxygens (including phenoxy) is 2. The van der Waals surface area contributed by atoms with E-state index < -0.39 is 29.4 Å². The van der Waals surface area contributed by atoms with Gasteiger partial charge < -0.3 is 19.5 Å². The van der Waals surface area contributed by atoms with Gasteiger partial charge in [0.05, 0.1) is 11.6 Å². The van der Waals surface area contributed by atoms with Crippen LogP contribution >= 0.6 is 0 Å². The number of nitrogens with zero attached hydrogens (tertiary/aromatic N) is 1. The Morgan fingerprint density at radius 3 is 2.24 bits per heavy atom. The third-order valence-corrected chi connectivity index (χ3v) is 5.64. The molecule has 3 aromatic rings. The number of aliphatic hydroxyl groups is 1. The van der Waals surface area contributed by atoms with Crippen LogP contribution in [-0.4, -0.2) is 28.5 Å². The normalized spacial score (nSPS) is 18.7. The number of amides is 1. The summed E-state index contributed by atoms with van der Waals surface area (Å²) >= 11 is 0. The van der Waals surface area contributed by atoms with Gasteiger partial charge in [-0.2, -0.15) is 0 Å². The number of Topliss-reactive ketones (excluding diaryl/α,β-unsaturated/α-hetero) is 1. The number of likely N-dealkylation sites (tertiary alicyclic amines) is 1. The van der Waals surface area contributed by atoms with Crippen molar-refractivity contribution in [3.63, 3.8) is 0 Å². The minimum Gasteiger partial charge on any atom is -0.507 e. The highest BCUT2D eigenvalue weighted by molar-refractivity contribution is 6.46. The maximum atomic E-state index is 13.6. The fourth-order valence-corrected chi connectivity index (χ4v) is 4.02. The quantitative estimate of drug-likeness (QED) is 0.365. The van der Waals surface area contributed by atoms with E-state index >= 15 is 0 Å². The number of halogens is 2. The number of rotatable bonds is 4. The van der Waals surface area contributed by atoms with E-state index in [1.165, 1.54) is 59.5 Å². The summed E-state index contributed by atoms with van der Waals surface area (Å²) in [6.07, 6.45) is 0. The number of fused-ring (bicyclic) bond motifs is 1. The van der Waals surface area contributed by atoms with Gasteiger partial charge >= 0.3 is 0 Å². The zero-order valence-electron chi connectivity index (χ0n) is 17.1. The van der Waals surface area contributed by atoms with Crippen LogP contribution in [-0.2, 0) is 16.1 Å². The van der Waals surface area contributed by atoms with Crippen molar-refractivity contribution in [1.82, 2.24) is 4.90 Å². The fourth-order valence-electron chi connectivity index (χ4n) is 4.02. The minimum absolute atomic E-state index is 0.00911. The van der Waals surface area contributed by atoms with E-state index in [1.807, 2.05) is 0 Å². The second-order valence-electron chi connectivity index (χ2n) is 7.67. The second kappa shape index (κ2) is 8.05. The highest BCUT2D eigenvalue weighted by Gasteiger charge is 2.46. The average Bonchev–Trinajstić information content (AvgIpc) is 3.38. The summed E-state index contributed by atoms with van der Waals surface area (Å²) in [5, 5.41) is 11.1. The molecule has 166 valence electrons. The molecule has 1 saturated heterocycles. The summed E-state index contributed by atoms with van der Waals surface area (Å²) in [5.74, 6) is -2.10. The number of hydrogen-bond donors (Lipinski definition) is 1. The number of ketones is 1. The van der Waals surface area contributed by atoms with Crippen molar-refractivity contribution in [2.45, 2.75) is 12.6 Å². The van der Waals surface area contributed by atoms with Crippen LogP contribution in [0.25, 0.3) is 5.76 Å². The van der Waals surface area contributed by atoms with Gasteiger partial charge in [0.15, 0.2) is 11.5 Å². The molecule has 0 saturated carbocycles. The molecule has 0 bridgehead atoms. The Balaban J connectivity index is 1.62. The van der Waals surface area contributed by atoms with Crippen molar-refractivity contribution >= 4 is 17.4 Å². The summed E-state index contributed by atoms with van der Waals surface area (Å²) in [5.41, 5.74) is 1.17. The molecule has 8 heteroatoms. The van der Waals surface area contributed by atoms with Crippen molar-refractivity contribution in [2.75, 3.05) is 6.79 Å². The van der Waals surface area contributed by atoms with E-state index in [-0.39, 0.29) is 30.2 Å². The third kappa shape index (κ3) is 3.69. The Labute approximate surface area is 187 Å². The molecule has 0 aliphatic carbocycles. The summed E-state index contributed by atoms with van der Waals surface area (Å²) in [6, 6.07) is 14.6. The molecule has 33 heavy (non-hydrogen) atoms. The smallest absolute Gasteiger partial charge is 0.295 e. The molecule has 1 N–H and O–H groups in total. The molecule has 2 aliphatic rings. The fraction of sp³-hybridized carbons (Fsp3) is 0.120. The van der Waals surface area contributed by atoms with Crippen LogP contribution < -0.4 is 9.47 Å². The van der Waals surface area contributed by atoms with Crippen molar-refractivity contribution in [3.05, 3.63) is 101 Å². The SMILES string of the molecule is O=C1C(=O)N(Cc2ccc(F)cc2)C(c2ccc(F)cc2)/C1=C(/O)c1ccc2c(c1)OCO2. The minimum atomic E-state index is -0.971. The molecule has 0 spiro atoms. The maximum absolute atomic E-state index is 13.6. The van der Waals surface area contributed by atoms with Gasteiger partial charge in [0.25, 0.3) is 11.7 Å². The largest absolute Gasteiger partial charge is 0.507 e. The predicted molar refractivity (Wildman–Crippen MR) is 113 cm³/mol. The second-order valence-corrected chi connectivity index (χ2v) is 7.67. The Morgan fingerprint density at radius 1 is 0.909 bits per heavy atom. The number of carbonyl (C=O) groups is 2. The van der Waals surface area contributed by atoms with Crippen molar-refractivity contribution in [3.8, 4) is 11.5 Å². The Morgan fingerprint density at radius 2 is 1.55 bits per heavy atom. The zero-order valence-corrected chi connectivity index (χ0v) is 17.1. The van der Waals surface area contributed by atoms with Gasteiger partial charge in [-0.05, 0) is 53.6 Å². The standard InChI is InChI=1S/C25H17F2NO5/c26-17-6-1-14(2-7-17)12-28-22(15-3-8-18(27)9-4-15)21(24(30)25(28)31)23(29)16-5-10-19-20(11-16)33-13-32-19/h1-11,22,29H,12-13H2/b23-21-. The van der Waals surface area contributed by atoms with Crippen LogP contribution in [0, 0.1) is 11.6 Å². The van der Waals surface area contributed by atoms with Gasteiger partial charge in [-0.1, -0.05) is 24.3 Å². The lowest BCUT2D eigenvalue weighted by Crippen LogP contribution is -2.29. The molecule has 1 atom stereocenters. The summed E-state index contributed by atoms with van der Waals surface area (Å²) in [6.45, 7) is 0.0298. The first-order valence-corrected chi connectivity index (χ1v) is 10.1. The maximum Gasteiger partial charge on any atom is 0.295 e. The number of carbonyl (C=O) groups excluding carboxylic acids is 2. The van der Waals surface area contributed by atoms with E-state index in [2.05, 4.69) is 0 Å². The van der Waals surface area contributed by atoms with Gasteiger partial charge in [-0.25, -0.2) is 8.78 Å². The highest BCUT2D eigenvalue weighted by Crippen LogP contribution is 2.42. The number of aliphatic hydroxyl groups excluding tert-OH is 1. The van der Waals surface area contributed by atoms with Crippen molar-refractivity contribution in [2.24, 2.45) is 0 Å². The molecule has 6 nitrogen and oxygen atoms in total. The molecule has 1 fully saturated rings. The molecule has 2 aliphatic heterocycles. The van der Waals surface area contributed by atoms with Gasteiger partial charge in [-0.3, -0.25) is 9.59 Å². The van der Waals surface area contributed by atoms with Crippen LogP contribution in [0.15, 0.2) is 72.3 Å². The Hall–Kier alpha value is -4.20. The summed E-state index contributed by atoms with van der Waals surface area (Å²) in [7, 11) is 0. The molecule has 1 unspecified atom stereocenters. The van der Waals surface area contributed by atoms with Crippen molar-refractivity contribution < 1.29 is 33.0 Å². The van der Waals surface area contributed by atoms with Gasteiger partial charge in [-0.15, -0.1) is 0 Å². The molecule has 0 radical (unpaired) electrons. The van der Waals surface area contributed by atoms with E-state index in [1.54, 1.807) is 12.1 Å². The first-order valence-electron chi connectivity index (χ1n) is 10.1. The van der Waals surface area contributed by atoms with E-state index in [0.29, 0.717) is 22.6 Å².